The molecule has 0 aliphatic carbocycles. The number of hydrogen-bond donors (Lipinski definition) is 2. The van der Waals surface area contributed by atoms with Gasteiger partial charge in [-0.3, -0.25) is 9.78 Å². The van der Waals surface area contributed by atoms with Crippen molar-refractivity contribution in [2.24, 2.45) is 0 Å². The molecule has 5 heteroatoms. The molecule has 5 nitrogen and oxygen atoms in total. The van der Waals surface area contributed by atoms with Crippen molar-refractivity contribution in [2.45, 2.75) is 13.0 Å². The molecular formula is C20H20N4O. The molecule has 1 amide bonds. The summed E-state index contributed by atoms with van der Waals surface area (Å²) in [5.41, 5.74) is 2.86. The van der Waals surface area contributed by atoms with Gasteiger partial charge in [0.25, 0.3) is 5.91 Å². The van der Waals surface area contributed by atoms with Gasteiger partial charge < -0.3 is 10.6 Å². The molecule has 25 heavy (non-hydrogen) atoms. The lowest BCUT2D eigenvalue weighted by Gasteiger charge is -2.08. The summed E-state index contributed by atoms with van der Waals surface area (Å²) in [5, 5.41) is 6.15. The zero-order valence-corrected chi connectivity index (χ0v) is 13.9. The second kappa shape index (κ2) is 8.59. The Balaban J connectivity index is 1.52. The van der Waals surface area contributed by atoms with Crippen LogP contribution in [0.1, 0.15) is 21.5 Å². The van der Waals surface area contributed by atoms with Crippen molar-refractivity contribution >= 4 is 11.7 Å². The molecule has 0 fully saturated rings. The monoisotopic (exact) mass is 332 g/mol. The minimum Gasteiger partial charge on any atom is -0.366 e. The van der Waals surface area contributed by atoms with Crippen LogP contribution in [0.3, 0.4) is 0 Å². The Hall–Kier alpha value is -3.21. The normalized spacial score (nSPS) is 10.2. The van der Waals surface area contributed by atoms with Gasteiger partial charge in [0.15, 0.2) is 0 Å². The maximum atomic E-state index is 12.3. The number of rotatable bonds is 7. The predicted molar refractivity (Wildman–Crippen MR) is 98.3 cm³/mol. The highest BCUT2D eigenvalue weighted by molar-refractivity contribution is 5.94. The highest BCUT2D eigenvalue weighted by Gasteiger charge is 2.06. The predicted octanol–water partition coefficient (Wildman–Crippen LogP) is 3.06. The van der Waals surface area contributed by atoms with Gasteiger partial charge in [0.05, 0.1) is 0 Å². The van der Waals surface area contributed by atoms with Gasteiger partial charge in [0, 0.05) is 37.2 Å². The Morgan fingerprint density at radius 2 is 1.80 bits per heavy atom. The summed E-state index contributed by atoms with van der Waals surface area (Å²) in [6.07, 6.45) is 5.98. The molecule has 0 aliphatic rings. The molecular weight excluding hydrogens is 312 g/mol. The number of nitrogens with zero attached hydrogens (tertiary/aromatic N) is 2. The zero-order valence-electron chi connectivity index (χ0n) is 13.9. The molecule has 0 bridgehead atoms. The SMILES string of the molecule is O=C(NCCc1ccccc1)c1ccnc(NCc2cccnc2)c1. The van der Waals surface area contributed by atoms with Gasteiger partial charge in [-0.2, -0.15) is 0 Å². The van der Waals surface area contributed by atoms with E-state index in [0.717, 1.165) is 12.0 Å². The first-order valence-corrected chi connectivity index (χ1v) is 8.22. The molecule has 0 spiro atoms. The highest BCUT2D eigenvalue weighted by Crippen LogP contribution is 2.09. The zero-order chi connectivity index (χ0) is 17.3. The number of anilines is 1. The fourth-order valence-electron chi connectivity index (χ4n) is 2.43. The Kier molecular flexibility index (Phi) is 5.72. The summed E-state index contributed by atoms with van der Waals surface area (Å²) < 4.78 is 0. The molecule has 3 rings (SSSR count). The van der Waals surface area contributed by atoms with E-state index in [2.05, 4.69) is 32.7 Å². The summed E-state index contributed by atoms with van der Waals surface area (Å²) in [6, 6.07) is 17.4. The first kappa shape index (κ1) is 16.6. The van der Waals surface area contributed by atoms with Crippen molar-refractivity contribution in [1.82, 2.24) is 15.3 Å². The molecule has 126 valence electrons. The second-order valence-electron chi connectivity index (χ2n) is 5.64. The third kappa shape index (κ3) is 5.14. The lowest BCUT2D eigenvalue weighted by atomic mass is 10.1. The van der Waals surface area contributed by atoms with E-state index in [1.54, 1.807) is 30.7 Å². The standard InChI is InChI=1S/C20H20N4O/c25-20(23-11-8-16-5-2-1-3-6-16)18-9-12-22-19(13-18)24-15-17-7-4-10-21-14-17/h1-7,9-10,12-14H,8,11,15H2,(H,22,24)(H,23,25). The molecule has 0 atom stereocenters. The number of nitrogens with one attached hydrogen (secondary N) is 2. The van der Waals surface area contributed by atoms with Gasteiger partial charge in [-0.25, -0.2) is 4.98 Å². The number of aromatic nitrogens is 2. The smallest absolute Gasteiger partial charge is 0.251 e. The summed E-state index contributed by atoms with van der Waals surface area (Å²) in [4.78, 5) is 20.6. The summed E-state index contributed by atoms with van der Waals surface area (Å²) >= 11 is 0. The number of pyridine rings is 2. The van der Waals surface area contributed by atoms with Crippen molar-refractivity contribution < 1.29 is 4.79 Å². The van der Waals surface area contributed by atoms with Gasteiger partial charge >= 0.3 is 0 Å². The second-order valence-corrected chi connectivity index (χ2v) is 5.64. The highest BCUT2D eigenvalue weighted by atomic mass is 16.1. The number of benzene rings is 1. The van der Waals surface area contributed by atoms with Crippen molar-refractivity contribution in [1.29, 1.82) is 0 Å². The van der Waals surface area contributed by atoms with Crippen LogP contribution in [0.4, 0.5) is 5.82 Å². The van der Waals surface area contributed by atoms with E-state index in [4.69, 9.17) is 0 Å². The van der Waals surface area contributed by atoms with Crippen molar-refractivity contribution in [2.75, 3.05) is 11.9 Å². The van der Waals surface area contributed by atoms with Crippen molar-refractivity contribution in [3.63, 3.8) is 0 Å². The van der Waals surface area contributed by atoms with E-state index in [1.807, 2.05) is 30.3 Å². The van der Waals surface area contributed by atoms with Crippen LogP contribution in [-0.4, -0.2) is 22.4 Å². The van der Waals surface area contributed by atoms with Crippen molar-refractivity contribution in [3.05, 3.63) is 89.9 Å². The van der Waals surface area contributed by atoms with Gasteiger partial charge in [-0.1, -0.05) is 36.4 Å². The fraction of sp³-hybridized carbons (Fsp3) is 0.150. The number of carbonyl (C=O) groups excluding carboxylic acids is 1. The molecule has 0 unspecified atom stereocenters. The number of hydrogen-bond acceptors (Lipinski definition) is 4. The summed E-state index contributed by atoms with van der Waals surface area (Å²) in [7, 11) is 0. The molecule has 0 saturated carbocycles. The van der Waals surface area contributed by atoms with Gasteiger partial charge in [0.2, 0.25) is 0 Å². The number of amides is 1. The van der Waals surface area contributed by atoms with Crippen LogP contribution in [-0.2, 0) is 13.0 Å². The Morgan fingerprint density at radius 1 is 0.960 bits per heavy atom. The first-order valence-electron chi connectivity index (χ1n) is 8.22. The lowest BCUT2D eigenvalue weighted by molar-refractivity contribution is 0.0954. The van der Waals surface area contributed by atoms with E-state index < -0.39 is 0 Å². The van der Waals surface area contributed by atoms with Gasteiger partial charge in [-0.05, 0) is 35.7 Å². The van der Waals surface area contributed by atoms with Gasteiger partial charge in [-0.15, -0.1) is 0 Å². The maximum absolute atomic E-state index is 12.3. The Labute approximate surface area is 147 Å². The molecule has 0 radical (unpaired) electrons. The van der Waals surface area contributed by atoms with Crippen LogP contribution in [0.25, 0.3) is 0 Å². The maximum Gasteiger partial charge on any atom is 0.251 e. The van der Waals surface area contributed by atoms with E-state index in [1.165, 1.54) is 5.56 Å². The molecule has 0 saturated heterocycles. The molecule has 2 aromatic heterocycles. The molecule has 2 N–H and O–H groups in total. The van der Waals surface area contributed by atoms with Crippen LogP contribution in [0.2, 0.25) is 0 Å². The van der Waals surface area contributed by atoms with Crippen LogP contribution in [0, 0.1) is 0 Å². The minimum atomic E-state index is -0.0947. The van der Waals surface area contributed by atoms with Crippen LogP contribution in [0.5, 0.6) is 0 Å². The Morgan fingerprint density at radius 3 is 2.60 bits per heavy atom. The van der Waals surface area contributed by atoms with E-state index in [0.29, 0.717) is 24.5 Å². The number of carbonyl (C=O) groups is 1. The van der Waals surface area contributed by atoms with Crippen LogP contribution in [0.15, 0.2) is 73.2 Å². The molecule has 2 heterocycles. The van der Waals surface area contributed by atoms with Crippen LogP contribution < -0.4 is 10.6 Å². The van der Waals surface area contributed by atoms with Crippen LogP contribution >= 0.6 is 0 Å². The summed E-state index contributed by atoms with van der Waals surface area (Å²) in [6.45, 7) is 1.21. The van der Waals surface area contributed by atoms with Crippen molar-refractivity contribution in [3.8, 4) is 0 Å². The van der Waals surface area contributed by atoms with E-state index in [-0.39, 0.29) is 5.91 Å². The molecule has 3 aromatic rings. The average molecular weight is 332 g/mol. The summed E-state index contributed by atoms with van der Waals surface area (Å²) in [5.74, 6) is 0.572. The molecule has 0 aliphatic heterocycles. The third-order valence-corrected chi connectivity index (χ3v) is 3.76. The largest absolute Gasteiger partial charge is 0.366 e. The average Bonchev–Trinajstić information content (AvgIpc) is 2.68. The molecule has 1 aromatic carbocycles. The quantitative estimate of drug-likeness (QED) is 0.698. The minimum absolute atomic E-state index is 0.0947. The lowest BCUT2D eigenvalue weighted by Crippen LogP contribution is -2.25. The first-order chi connectivity index (χ1) is 12.3. The van der Waals surface area contributed by atoms with Gasteiger partial charge in [0.1, 0.15) is 5.82 Å². The topological polar surface area (TPSA) is 66.9 Å². The fourth-order valence-corrected chi connectivity index (χ4v) is 2.43. The van der Waals surface area contributed by atoms with E-state index in [9.17, 15) is 4.79 Å². The Bertz CT molecular complexity index is 806. The third-order valence-electron chi connectivity index (χ3n) is 3.76. The van der Waals surface area contributed by atoms with E-state index >= 15 is 0 Å².